The van der Waals surface area contributed by atoms with E-state index in [2.05, 4.69) is 15.5 Å². The van der Waals surface area contributed by atoms with E-state index in [1.54, 1.807) is 24.3 Å². The molecule has 0 saturated heterocycles. The molecule has 0 fully saturated rings. The summed E-state index contributed by atoms with van der Waals surface area (Å²) in [6.45, 7) is 0. The molecular weight excluding hydrogens is 254 g/mol. The molecule has 1 aromatic heterocycles. The number of ether oxygens (including phenoxy) is 1. The number of para-hydroxylation sites is 1. The Hall–Kier alpha value is -3.38. The van der Waals surface area contributed by atoms with Gasteiger partial charge in [0.15, 0.2) is 0 Å². The molecule has 2 rings (SSSR count). The van der Waals surface area contributed by atoms with Gasteiger partial charge in [0.2, 0.25) is 11.6 Å². The summed E-state index contributed by atoms with van der Waals surface area (Å²) in [6, 6.07) is 15.9. The fourth-order valence-corrected chi connectivity index (χ4v) is 1.31. The van der Waals surface area contributed by atoms with Crippen molar-refractivity contribution in [2.75, 3.05) is 5.43 Å². The minimum absolute atomic E-state index is 0.255. The van der Waals surface area contributed by atoms with Crippen molar-refractivity contribution in [1.82, 2.24) is 4.98 Å². The van der Waals surface area contributed by atoms with Crippen molar-refractivity contribution >= 4 is 11.4 Å². The van der Waals surface area contributed by atoms with Gasteiger partial charge in [-0.05, 0) is 18.2 Å². The summed E-state index contributed by atoms with van der Waals surface area (Å²) in [5, 5.41) is 20.7. The van der Waals surface area contributed by atoms with Crippen LogP contribution in [0.3, 0.4) is 0 Å². The number of nitrogens with one attached hydrogen (secondary N) is 1. The Kier molecular flexibility index (Phi) is 4.26. The predicted molar refractivity (Wildman–Crippen MR) is 73.0 cm³/mol. The Balaban J connectivity index is 2.02. The van der Waals surface area contributed by atoms with Gasteiger partial charge in [-0.1, -0.05) is 18.2 Å². The molecule has 6 nitrogen and oxygen atoms in total. The zero-order chi connectivity index (χ0) is 14.2. The lowest BCUT2D eigenvalue weighted by Crippen LogP contribution is -1.97. The molecule has 0 atom stereocenters. The number of rotatable bonds is 4. The molecular formula is C14H9N5O. The van der Waals surface area contributed by atoms with Gasteiger partial charge in [-0.3, -0.25) is 5.43 Å². The maximum Gasteiger partial charge on any atom is 0.237 e. The molecule has 0 unspecified atom stereocenters. The van der Waals surface area contributed by atoms with Crippen molar-refractivity contribution in [1.29, 1.82) is 10.5 Å². The summed E-state index contributed by atoms with van der Waals surface area (Å²) in [6.07, 6.45) is 1.49. The zero-order valence-corrected chi connectivity index (χ0v) is 10.3. The number of hydrazone groups is 1. The van der Waals surface area contributed by atoms with Crippen molar-refractivity contribution < 1.29 is 4.74 Å². The average molecular weight is 263 g/mol. The van der Waals surface area contributed by atoms with Crippen LogP contribution >= 0.6 is 0 Å². The van der Waals surface area contributed by atoms with Crippen LogP contribution < -0.4 is 10.2 Å². The molecule has 1 heterocycles. The summed E-state index contributed by atoms with van der Waals surface area (Å²) >= 11 is 0. The lowest BCUT2D eigenvalue weighted by Gasteiger charge is -2.05. The van der Waals surface area contributed by atoms with E-state index < -0.39 is 0 Å². The summed E-state index contributed by atoms with van der Waals surface area (Å²) in [5.74, 6) is 1.13. The first kappa shape index (κ1) is 13.1. The molecule has 0 saturated carbocycles. The fourth-order valence-electron chi connectivity index (χ4n) is 1.31. The number of nitrogens with zero attached hydrogens (tertiary/aromatic N) is 4. The Labute approximate surface area is 115 Å². The van der Waals surface area contributed by atoms with E-state index in [4.69, 9.17) is 15.3 Å². The van der Waals surface area contributed by atoms with Gasteiger partial charge in [-0.25, -0.2) is 4.98 Å². The van der Waals surface area contributed by atoms with Gasteiger partial charge >= 0.3 is 0 Å². The van der Waals surface area contributed by atoms with Crippen LogP contribution in [0.1, 0.15) is 0 Å². The van der Waals surface area contributed by atoms with E-state index in [0.29, 0.717) is 17.3 Å². The van der Waals surface area contributed by atoms with Crippen molar-refractivity contribution in [3.63, 3.8) is 0 Å². The number of hydrogen-bond acceptors (Lipinski definition) is 6. The number of pyridine rings is 1. The van der Waals surface area contributed by atoms with Crippen molar-refractivity contribution in [2.45, 2.75) is 0 Å². The first-order chi connectivity index (χ1) is 9.81. The second kappa shape index (κ2) is 6.53. The van der Waals surface area contributed by atoms with E-state index in [1.165, 1.54) is 6.20 Å². The molecule has 2 aromatic rings. The highest BCUT2D eigenvalue weighted by molar-refractivity contribution is 6.10. The average Bonchev–Trinajstić information content (AvgIpc) is 2.51. The lowest BCUT2D eigenvalue weighted by molar-refractivity contribution is 0.463. The summed E-state index contributed by atoms with van der Waals surface area (Å²) in [7, 11) is 0. The van der Waals surface area contributed by atoms with Crippen LogP contribution in [-0.2, 0) is 0 Å². The molecule has 0 spiro atoms. The van der Waals surface area contributed by atoms with Gasteiger partial charge in [0.1, 0.15) is 17.9 Å². The summed E-state index contributed by atoms with van der Waals surface area (Å²) in [4.78, 5) is 4.08. The second-order valence-corrected chi connectivity index (χ2v) is 3.60. The fraction of sp³-hybridized carbons (Fsp3) is 0. The number of nitriles is 2. The van der Waals surface area contributed by atoms with Crippen molar-refractivity contribution in [3.05, 3.63) is 48.7 Å². The third-order valence-corrected chi connectivity index (χ3v) is 2.21. The molecule has 0 radical (unpaired) electrons. The van der Waals surface area contributed by atoms with E-state index >= 15 is 0 Å². The third kappa shape index (κ3) is 3.56. The SMILES string of the molecule is N#CC(C#N)=NNc1ccc(Oc2ccccc2)nc1. The maximum absolute atomic E-state index is 8.53. The quantitative estimate of drug-likeness (QED) is 0.676. The molecule has 20 heavy (non-hydrogen) atoms. The normalized spacial score (nSPS) is 8.90. The van der Waals surface area contributed by atoms with Gasteiger partial charge in [0.25, 0.3) is 0 Å². The summed E-state index contributed by atoms with van der Waals surface area (Å²) in [5.41, 5.74) is 2.86. The van der Waals surface area contributed by atoms with Crippen LogP contribution in [0.5, 0.6) is 11.6 Å². The highest BCUT2D eigenvalue weighted by atomic mass is 16.5. The Morgan fingerprint density at radius 1 is 1.10 bits per heavy atom. The molecule has 1 aromatic carbocycles. The van der Waals surface area contributed by atoms with Gasteiger partial charge in [0, 0.05) is 6.07 Å². The highest BCUT2D eigenvalue weighted by Crippen LogP contribution is 2.19. The van der Waals surface area contributed by atoms with Crippen molar-refractivity contribution in [2.24, 2.45) is 5.10 Å². The van der Waals surface area contributed by atoms with Crippen LogP contribution in [0, 0.1) is 22.7 Å². The smallest absolute Gasteiger partial charge is 0.237 e. The summed E-state index contributed by atoms with van der Waals surface area (Å²) < 4.78 is 5.52. The standard InChI is InChI=1S/C14H9N5O/c15-8-12(9-16)19-18-11-6-7-14(17-10-11)20-13-4-2-1-3-5-13/h1-7,10,18H. The molecule has 0 aliphatic heterocycles. The van der Waals surface area contributed by atoms with Crippen LogP contribution in [0.2, 0.25) is 0 Å². The van der Waals surface area contributed by atoms with Gasteiger partial charge in [-0.15, -0.1) is 0 Å². The maximum atomic E-state index is 8.53. The Bertz CT molecular complexity index is 664. The first-order valence-corrected chi connectivity index (χ1v) is 5.64. The van der Waals surface area contributed by atoms with Crippen LogP contribution in [-0.4, -0.2) is 10.7 Å². The molecule has 0 amide bonds. The van der Waals surface area contributed by atoms with E-state index in [1.807, 2.05) is 30.3 Å². The Morgan fingerprint density at radius 3 is 2.45 bits per heavy atom. The lowest BCUT2D eigenvalue weighted by atomic mass is 10.3. The first-order valence-electron chi connectivity index (χ1n) is 5.64. The second-order valence-electron chi connectivity index (χ2n) is 3.60. The monoisotopic (exact) mass is 263 g/mol. The van der Waals surface area contributed by atoms with E-state index in [0.717, 1.165) is 0 Å². The van der Waals surface area contributed by atoms with Gasteiger partial charge < -0.3 is 4.74 Å². The number of benzene rings is 1. The minimum atomic E-state index is -0.255. The molecule has 0 aliphatic rings. The Morgan fingerprint density at radius 2 is 1.85 bits per heavy atom. The largest absolute Gasteiger partial charge is 0.439 e. The van der Waals surface area contributed by atoms with Gasteiger partial charge in [0.05, 0.1) is 11.9 Å². The topological polar surface area (TPSA) is 94.1 Å². The minimum Gasteiger partial charge on any atom is -0.439 e. The van der Waals surface area contributed by atoms with E-state index in [-0.39, 0.29) is 5.71 Å². The third-order valence-electron chi connectivity index (χ3n) is 2.21. The van der Waals surface area contributed by atoms with Crippen molar-refractivity contribution in [3.8, 4) is 23.8 Å². The van der Waals surface area contributed by atoms with Crippen LogP contribution in [0.15, 0.2) is 53.8 Å². The van der Waals surface area contributed by atoms with Crippen LogP contribution in [0.4, 0.5) is 5.69 Å². The molecule has 1 N–H and O–H groups in total. The molecule has 0 aliphatic carbocycles. The molecule has 0 bridgehead atoms. The van der Waals surface area contributed by atoms with E-state index in [9.17, 15) is 0 Å². The zero-order valence-electron chi connectivity index (χ0n) is 10.3. The number of hydrogen-bond donors (Lipinski definition) is 1. The van der Waals surface area contributed by atoms with Crippen LogP contribution in [0.25, 0.3) is 0 Å². The molecule has 96 valence electrons. The predicted octanol–water partition coefficient (Wildman–Crippen LogP) is 2.69. The molecule has 6 heteroatoms. The highest BCUT2D eigenvalue weighted by Gasteiger charge is 1.99. The van der Waals surface area contributed by atoms with Gasteiger partial charge in [-0.2, -0.15) is 15.6 Å². The number of aromatic nitrogens is 1. The number of anilines is 1.